The van der Waals surface area contributed by atoms with Crippen molar-refractivity contribution in [1.29, 1.82) is 0 Å². The molecule has 0 aromatic carbocycles. The zero-order valence-corrected chi connectivity index (χ0v) is 58.4. The van der Waals surface area contributed by atoms with Gasteiger partial charge in [-0.15, -0.1) is 0 Å². The van der Waals surface area contributed by atoms with Gasteiger partial charge in [0.2, 0.25) is 0 Å². The lowest BCUT2D eigenvalue weighted by Crippen LogP contribution is -2.30. The third-order valence-electron chi connectivity index (χ3n) is 13.1. The number of unbranched alkanes of at least 4 members (excludes halogenated alkanes) is 9. The highest BCUT2D eigenvalue weighted by atomic mass is 31.2. The minimum Gasteiger partial charge on any atom is -0.463 e. The maximum absolute atomic E-state index is 12.9. The van der Waals surface area contributed by atoms with Crippen molar-refractivity contribution in [3.8, 4) is 0 Å². The Morgan fingerprint density at radius 2 is 0.538 bits per heavy atom. The molecular formula is C75H118O16P2. The summed E-state index contributed by atoms with van der Waals surface area (Å²) in [4.78, 5) is 58.4. The van der Waals surface area contributed by atoms with Crippen LogP contribution in [-0.2, 0) is 55.8 Å². The Morgan fingerprint density at radius 1 is 0.301 bits per heavy atom. The minimum absolute atomic E-state index is 0.0595. The third kappa shape index (κ3) is 67.9. The van der Waals surface area contributed by atoms with Crippen molar-refractivity contribution in [3.63, 3.8) is 0 Å². The molecule has 0 rings (SSSR count). The minimum atomic E-state index is -4.95. The van der Waals surface area contributed by atoms with Crippen LogP contribution in [0, 0.1) is 0 Å². The van der Waals surface area contributed by atoms with Gasteiger partial charge in [-0.05, 0) is 154 Å². The van der Waals surface area contributed by atoms with Gasteiger partial charge in [0.25, 0.3) is 0 Å². The first kappa shape index (κ1) is 87.7. The van der Waals surface area contributed by atoms with E-state index < -0.39 is 91.5 Å². The largest absolute Gasteiger partial charge is 0.472 e. The van der Waals surface area contributed by atoms with Crippen LogP contribution in [0.1, 0.15) is 213 Å². The maximum Gasteiger partial charge on any atom is 0.472 e. The second kappa shape index (κ2) is 66.7. The van der Waals surface area contributed by atoms with E-state index in [0.29, 0.717) is 19.3 Å². The van der Waals surface area contributed by atoms with E-state index in [-0.39, 0.29) is 19.3 Å². The van der Waals surface area contributed by atoms with Crippen LogP contribution in [0.4, 0.5) is 0 Å². The topological polar surface area (TPSA) is 231 Å². The Morgan fingerprint density at radius 3 is 0.871 bits per heavy atom. The number of allylic oxidation sites excluding steroid dienone is 30. The summed E-state index contributed by atoms with van der Waals surface area (Å²) in [6.07, 6.45) is 83.7. The molecule has 0 heterocycles. The van der Waals surface area contributed by atoms with Crippen molar-refractivity contribution >= 4 is 33.6 Å². The van der Waals surface area contributed by atoms with Crippen molar-refractivity contribution < 1.29 is 75.8 Å². The molecule has 5 atom stereocenters. The molecule has 0 saturated carbocycles. The molecule has 18 heteroatoms. The molecule has 0 saturated heterocycles. The number of phosphoric ester groups is 2. The van der Waals surface area contributed by atoms with E-state index in [1.54, 1.807) is 0 Å². The second-order valence-corrected chi connectivity index (χ2v) is 24.7. The van der Waals surface area contributed by atoms with E-state index in [2.05, 4.69) is 203 Å². The lowest BCUT2D eigenvalue weighted by atomic mass is 10.1. The molecule has 0 bridgehead atoms. The Kier molecular flexibility index (Phi) is 62.8. The summed E-state index contributed by atoms with van der Waals surface area (Å²) in [7, 11) is -9.83. The summed E-state index contributed by atoms with van der Waals surface area (Å²) in [5.41, 5.74) is 0. The fraction of sp³-hybridized carbons (Fsp3) is 0.560. The molecule has 0 aliphatic heterocycles. The van der Waals surface area contributed by atoms with Gasteiger partial charge in [-0.3, -0.25) is 32.5 Å². The van der Waals surface area contributed by atoms with Gasteiger partial charge in [-0.25, -0.2) is 9.13 Å². The van der Waals surface area contributed by atoms with Crippen LogP contribution in [0.3, 0.4) is 0 Å². The molecule has 0 fully saturated rings. The third-order valence-corrected chi connectivity index (χ3v) is 15.0. The molecule has 0 amide bonds. The summed E-state index contributed by atoms with van der Waals surface area (Å²) in [6.45, 7) is 2.16. The maximum atomic E-state index is 12.9. The lowest BCUT2D eigenvalue weighted by Gasteiger charge is -2.21. The van der Waals surface area contributed by atoms with Crippen LogP contribution < -0.4 is 0 Å². The van der Waals surface area contributed by atoms with E-state index in [1.165, 1.54) is 0 Å². The number of carbonyl (C=O) groups is 3. The van der Waals surface area contributed by atoms with E-state index in [4.69, 9.17) is 32.3 Å². The molecule has 16 nitrogen and oxygen atoms in total. The fourth-order valence-electron chi connectivity index (χ4n) is 8.00. The number of hydrogen-bond acceptors (Lipinski definition) is 14. The first-order valence-electron chi connectivity index (χ1n) is 34.1. The van der Waals surface area contributed by atoms with Crippen molar-refractivity contribution in [2.45, 2.75) is 232 Å². The average Bonchev–Trinajstić information content (AvgIpc) is 3.72. The molecule has 93 heavy (non-hydrogen) atoms. The van der Waals surface area contributed by atoms with Crippen LogP contribution in [0.15, 0.2) is 182 Å². The number of carbonyl (C=O) groups excluding carboxylic acids is 3. The molecular weight excluding hydrogens is 1220 g/mol. The summed E-state index contributed by atoms with van der Waals surface area (Å²) < 4.78 is 60.8. The molecule has 524 valence electrons. The zero-order chi connectivity index (χ0) is 68.1. The SMILES string of the molecule is CC/C=C\C/C=C\C/C=C\C/C=C\C/C=C\C/C=C\CCCCC(=O)OCC(O)COP(=O)(O)OCC(O)COP(=O)(O)OCC(COC(=O)CCCCC/C=C\C/C=C\C/C=C\C/C=C\C/C=C\CC)OC(=O)CCCCCC/C=C\C/C=C\C/C=C\C/C=C\CC. The Balaban J connectivity index is 4.82. The summed E-state index contributed by atoms with van der Waals surface area (Å²) in [5.74, 6) is -1.70. The van der Waals surface area contributed by atoms with Gasteiger partial charge in [0.1, 0.15) is 25.4 Å². The van der Waals surface area contributed by atoms with Gasteiger partial charge in [0, 0.05) is 19.3 Å². The predicted octanol–water partition coefficient (Wildman–Crippen LogP) is 19.1. The van der Waals surface area contributed by atoms with Crippen molar-refractivity contribution in [1.82, 2.24) is 0 Å². The summed E-state index contributed by atoms with van der Waals surface area (Å²) in [5, 5.41) is 20.5. The number of esters is 3. The lowest BCUT2D eigenvalue weighted by molar-refractivity contribution is -0.161. The van der Waals surface area contributed by atoms with Crippen LogP contribution in [0.5, 0.6) is 0 Å². The number of aliphatic hydroxyl groups is 2. The van der Waals surface area contributed by atoms with Crippen LogP contribution in [0.2, 0.25) is 0 Å². The molecule has 0 spiro atoms. The van der Waals surface area contributed by atoms with E-state index in [1.807, 2.05) is 0 Å². The van der Waals surface area contributed by atoms with Crippen LogP contribution in [-0.4, -0.2) is 95.9 Å². The van der Waals surface area contributed by atoms with E-state index in [0.717, 1.165) is 154 Å². The quantitative estimate of drug-likeness (QED) is 0.0146. The highest BCUT2D eigenvalue weighted by molar-refractivity contribution is 7.47. The van der Waals surface area contributed by atoms with Gasteiger partial charge in [-0.2, -0.15) is 0 Å². The van der Waals surface area contributed by atoms with Crippen molar-refractivity contribution in [2.75, 3.05) is 39.6 Å². The monoisotopic (exact) mass is 1340 g/mol. The zero-order valence-electron chi connectivity index (χ0n) is 56.6. The number of aliphatic hydroxyl groups excluding tert-OH is 2. The summed E-state index contributed by atoms with van der Waals surface area (Å²) in [6, 6.07) is 0. The first-order chi connectivity index (χ1) is 45.2. The standard InChI is InChI=1S/C75H118O16P2/c1-4-7-10-13-16-19-22-25-28-31-33-34-36-39-40-43-46-49-52-55-58-61-73(78)85-64-70(76)65-87-92(81,82)88-66-71(77)67-89-93(83,84)90-69-72(91-75(80)63-60-57-54-51-48-45-42-37-30-27-24-21-18-15-12-9-6-3)68-86-74(79)62-59-56-53-50-47-44-41-38-35-32-29-26-23-20-17-14-11-8-5-2/h7-12,16-21,25-30,33-35,38-40,42,44-47,49,70-72,76-77H,4-6,13-15,22-24,31-32,36-37,41,43,48,50-69H2,1-3H3,(H,81,82)(H,83,84)/b10-7-,11-8-,12-9-,19-16-,20-17-,21-18-,28-25-,29-26-,30-27-,34-33-,38-35-,40-39-,45-42-,47-44-,49-46-. The Hall–Kier alpha value is -5.35. The normalized spacial score (nSPS) is 15.3. The number of phosphoric acid groups is 2. The van der Waals surface area contributed by atoms with E-state index >= 15 is 0 Å². The number of rotatable bonds is 62. The highest BCUT2D eigenvalue weighted by Crippen LogP contribution is 2.45. The molecule has 0 aromatic heterocycles. The number of hydrogen-bond donors (Lipinski definition) is 4. The van der Waals surface area contributed by atoms with Crippen molar-refractivity contribution in [2.24, 2.45) is 0 Å². The predicted molar refractivity (Wildman–Crippen MR) is 380 cm³/mol. The smallest absolute Gasteiger partial charge is 0.463 e. The second-order valence-electron chi connectivity index (χ2n) is 21.8. The van der Waals surface area contributed by atoms with Gasteiger partial charge in [0.15, 0.2) is 6.10 Å². The average molecular weight is 1340 g/mol. The van der Waals surface area contributed by atoms with Gasteiger partial charge >= 0.3 is 33.6 Å². The van der Waals surface area contributed by atoms with Crippen LogP contribution in [0.25, 0.3) is 0 Å². The van der Waals surface area contributed by atoms with Gasteiger partial charge < -0.3 is 34.2 Å². The molecule has 0 radical (unpaired) electrons. The highest BCUT2D eigenvalue weighted by Gasteiger charge is 2.29. The number of ether oxygens (including phenoxy) is 3. The summed E-state index contributed by atoms with van der Waals surface area (Å²) >= 11 is 0. The fourth-order valence-corrected chi connectivity index (χ4v) is 9.58. The van der Waals surface area contributed by atoms with Crippen molar-refractivity contribution in [3.05, 3.63) is 182 Å². The first-order valence-corrected chi connectivity index (χ1v) is 37.1. The molecule has 0 aliphatic carbocycles. The molecule has 4 N–H and O–H groups in total. The molecule has 0 aliphatic rings. The molecule has 5 unspecified atom stereocenters. The Bertz CT molecular complexity index is 2420. The van der Waals surface area contributed by atoms with Crippen LogP contribution >= 0.6 is 15.6 Å². The van der Waals surface area contributed by atoms with Gasteiger partial charge in [0.05, 0.1) is 26.4 Å². The Labute approximate surface area is 560 Å². The molecule has 0 aromatic rings. The van der Waals surface area contributed by atoms with E-state index in [9.17, 15) is 43.5 Å². The van der Waals surface area contributed by atoms with Gasteiger partial charge in [-0.1, -0.05) is 222 Å².